The maximum atomic E-state index is 13.1. The summed E-state index contributed by atoms with van der Waals surface area (Å²) in [4.78, 5) is 26.1. The van der Waals surface area contributed by atoms with Crippen LogP contribution in [0.15, 0.2) is 29.8 Å². The van der Waals surface area contributed by atoms with E-state index in [4.69, 9.17) is 14.2 Å². The quantitative estimate of drug-likeness (QED) is 0.548. The molecule has 5 heteroatoms. The van der Waals surface area contributed by atoms with Gasteiger partial charge in [0.1, 0.15) is 5.75 Å². The van der Waals surface area contributed by atoms with Gasteiger partial charge in [0, 0.05) is 0 Å². The second kappa shape index (κ2) is 7.26. The van der Waals surface area contributed by atoms with Crippen LogP contribution in [0.2, 0.25) is 0 Å². The fourth-order valence-electron chi connectivity index (χ4n) is 5.78. The fourth-order valence-corrected chi connectivity index (χ4v) is 5.78. The van der Waals surface area contributed by atoms with E-state index in [0.29, 0.717) is 12.3 Å². The van der Waals surface area contributed by atoms with E-state index in [2.05, 4.69) is 12.1 Å². The van der Waals surface area contributed by atoms with Crippen LogP contribution in [0.1, 0.15) is 45.1 Å². The number of rotatable bonds is 6. The van der Waals surface area contributed by atoms with E-state index in [0.717, 1.165) is 25.0 Å². The molecule has 1 aromatic rings. The van der Waals surface area contributed by atoms with Crippen molar-refractivity contribution in [1.82, 2.24) is 0 Å². The molecule has 0 amide bonds. The molecule has 0 bridgehead atoms. The van der Waals surface area contributed by atoms with Gasteiger partial charge in [0.2, 0.25) is 0 Å². The highest BCUT2D eigenvalue weighted by molar-refractivity contribution is 6.02. The molecule has 3 aliphatic rings. The molecule has 0 heterocycles. The van der Waals surface area contributed by atoms with E-state index in [1.54, 1.807) is 21.0 Å². The third-order valence-electron chi connectivity index (χ3n) is 6.80. The Hall–Kier alpha value is -2.30. The lowest BCUT2D eigenvalue weighted by Crippen LogP contribution is -2.47. The van der Waals surface area contributed by atoms with Gasteiger partial charge in [-0.25, -0.2) is 0 Å². The van der Waals surface area contributed by atoms with Crippen molar-refractivity contribution < 1.29 is 23.8 Å². The molecule has 5 nitrogen and oxygen atoms in total. The molecule has 3 aliphatic carbocycles. The highest BCUT2D eigenvalue weighted by Gasteiger charge is 2.68. The van der Waals surface area contributed by atoms with Crippen molar-refractivity contribution in [1.29, 1.82) is 0 Å². The molecule has 3 atom stereocenters. The Morgan fingerprint density at radius 3 is 2.29 bits per heavy atom. The molecule has 0 unspecified atom stereocenters. The Labute approximate surface area is 166 Å². The summed E-state index contributed by atoms with van der Waals surface area (Å²) in [6, 6.07) is 8.09. The Bertz CT molecular complexity index is 789. The van der Waals surface area contributed by atoms with Gasteiger partial charge in [0.05, 0.1) is 20.3 Å². The normalized spacial score (nSPS) is 26.9. The number of hydrogen-bond donors (Lipinski definition) is 0. The van der Waals surface area contributed by atoms with Crippen LogP contribution in [0.4, 0.5) is 0 Å². The SMILES string of the molecule is CCOC(=O)C1(C(=O)OCC)C[C@H]2C(c3ccc(OC)cc3)=C3CCC[C@@H]1[C@H]32. The second-order valence-electron chi connectivity index (χ2n) is 7.91. The Morgan fingerprint density at radius 2 is 1.71 bits per heavy atom. The van der Waals surface area contributed by atoms with Gasteiger partial charge in [-0.3, -0.25) is 9.59 Å². The predicted octanol–water partition coefficient (Wildman–Crippen LogP) is 4.01. The van der Waals surface area contributed by atoms with Crippen molar-refractivity contribution >= 4 is 17.5 Å². The number of methoxy groups -OCH3 is 1. The predicted molar refractivity (Wildman–Crippen MR) is 105 cm³/mol. The molecule has 0 N–H and O–H groups in total. The van der Waals surface area contributed by atoms with E-state index >= 15 is 0 Å². The lowest BCUT2D eigenvalue weighted by molar-refractivity contribution is -0.176. The number of benzene rings is 1. The van der Waals surface area contributed by atoms with Crippen molar-refractivity contribution in [3.8, 4) is 5.75 Å². The Kier molecular flexibility index (Phi) is 4.94. The Morgan fingerprint density at radius 1 is 1.07 bits per heavy atom. The van der Waals surface area contributed by atoms with E-state index in [1.807, 2.05) is 12.1 Å². The van der Waals surface area contributed by atoms with Crippen LogP contribution in [0, 0.1) is 23.2 Å². The van der Waals surface area contributed by atoms with Gasteiger partial charge in [0.15, 0.2) is 5.41 Å². The first-order valence-electron chi connectivity index (χ1n) is 10.3. The van der Waals surface area contributed by atoms with E-state index in [-0.39, 0.29) is 25.0 Å². The number of carbonyl (C=O) groups excluding carboxylic acids is 2. The first-order chi connectivity index (χ1) is 13.6. The summed E-state index contributed by atoms with van der Waals surface area (Å²) in [6.07, 6.45) is 3.40. The third kappa shape index (κ3) is 2.59. The number of ether oxygens (including phenoxy) is 3. The van der Waals surface area contributed by atoms with Crippen molar-refractivity contribution in [2.45, 2.75) is 39.5 Å². The summed E-state index contributed by atoms with van der Waals surface area (Å²) in [5.41, 5.74) is 2.73. The minimum atomic E-state index is -1.17. The second-order valence-corrected chi connectivity index (χ2v) is 7.91. The zero-order chi connectivity index (χ0) is 19.9. The zero-order valence-corrected chi connectivity index (χ0v) is 16.8. The highest BCUT2D eigenvalue weighted by Crippen LogP contribution is 2.68. The van der Waals surface area contributed by atoms with Gasteiger partial charge in [0.25, 0.3) is 0 Å². The van der Waals surface area contributed by atoms with Crippen molar-refractivity contribution in [2.24, 2.45) is 23.2 Å². The van der Waals surface area contributed by atoms with Gasteiger partial charge < -0.3 is 14.2 Å². The highest BCUT2D eigenvalue weighted by atomic mass is 16.6. The minimum Gasteiger partial charge on any atom is -0.497 e. The minimum absolute atomic E-state index is 0.0126. The van der Waals surface area contributed by atoms with Crippen LogP contribution < -0.4 is 4.74 Å². The van der Waals surface area contributed by atoms with Gasteiger partial charge in [-0.1, -0.05) is 17.7 Å². The Balaban J connectivity index is 1.72. The van der Waals surface area contributed by atoms with Crippen molar-refractivity contribution in [3.05, 3.63) is 35.4 Å². The molecule has 28 heavy (non-hydrogen) atoms. The smallest absolute Gasteiger partial charge is 0.323 e. The number of esters is 2. The monoisotopic (exact) mass is 384 g/mol. The van der Waals surface area contributed by atoms with Crippen LogP contribution >= 0.6 is 0 Å². The molecule has 1 aromatic carbocycles. The average molecular weight is 384 g/mol. The summed E-state index contributed by atoms with van der Waals surface area (Å²) < 4.78 is 16.1. The van der Waals surface area contributed by atoms with Gasteiger partial charge in [-0.05, 0) is 80.6 Å². The van der Waals surface area contributed by atoms with Crippen LogP contribution in [0.5, 0.6) is 5.75 Å². The summed E-state index contributed by atoms with van der Waals surface area (Å²) in [5.74, 6) is 0.514. The standard InChI is InChI=1S/C23H28O5/c1-4-27-21(24)23(22(25)28-5-2)13-17-19(14-9-11-15(26-3)12-10-14)16-7-6-8-18(23)20(16)17/h9-12,17-18,20H,4-8,13H2,1-3H3/t17-,18+,20+/m0/s1. The molecule has 2 saturated carbocycles. The number of carbonyl (C=O) groups is 2. The fraction of sp³-hybridized carbons (Fsp3) is 0.565. The molecular formula is C23H28O5. The first-order valence-corrected chi connectivity index (χ1v) is 10.3. The maximum absolute atomic E-state index is 13.1. The summed E-state index contributed by atoms with van der Waals surface area (Å²) >= 11 is 0. The van der Waals surface area contributed by atoms with Crippen molar-refractivity contribution in [2.75, 3.05) is 20.3 Å². The van der Waals surface area contributed by atoms with Crippen molar-refractivity contribution in [3.63, 3.8) is 0 Å². The molecule has 0 radical (unpaired) electrons. The van der Waals surface area contributed by atoms with E-state index in [1.165, 1.54) is 16.7 Å². The van der Waals surface area contributed by atoms with Crippen LogP contribution in [-0.2, 0) is 19.1 Å². The molecule has 150 valence electrons. The molecule has 0 saturated heterocycles. The van der Waals surface area contributed by atoms with E-state index < -0.39 is 17.4 Å². The topological polar surface area (TPSA) is 61.8 Å². The summed E-state index contributed by atoms with van der Waals surface area (Å²) in [6.45, 7) is 4.11. The molecule has 2 fully saturated rings. The molecular weight excluding hydrogens is 356 g/mol. The number of allylic oxidation sites excluding steroid dienone is 2. The van der Waals surface area contributed by atoms with Crippen LogP contribution in [0.25, 0.3) is 5.57 Å². The van der Waals surface area contributed by atoms with Crippen LogP contribution in [-0.4, -0.2) is 32.3 Å². The lowest BCUT2D eigenvalue weighted by atomic mass is 9.59. The third-order valence-corrected chi connectivity index (χ3v) is 6.80. The first kappa shape index (κ1) is 19.0. The average Bonchev–Trinajstić information content (AvgIpc) is 3.03. The number of hydrogen-bond acceptors (Lipinski definition) is 5. The summed E-state index contributed by atoms with van der Waals surface area (Å²) in [5, 5.41) is 0. The lowest BCUT2D eigenvalue weighted by Gasteiger charge is -2.45. The van der Waals surface area contributed by atoms with Gasteiger partial charge in [-0.2, -0.15) is 0 Å². The maximum Gasteiger partial charge on any atom is 0.323 e. The molecule has 0 aromatic heterocycles. The van der Waals surface area contributed by atoms with Gasteiger partial charge in [-0.15, -0.1) is 0 Å². The van der Waals surface area contributed by atoms with Gasteiger partial charge >= 0.3 is 11.9 Å². The summed E-state index contributed by atoms with van der Waals surface area (Å²) in [7, 11) is 1.66. The van der Waals surface area contributed by atoms with Crippen LogP contribution in [0.3, 0.4) is 0 Å². The van der Waals surface area contributed by atoms with E-state index in [9.17, 15) is 9.59 Å². The zero-order valence-electron chi connectivity index (χ0n) is 16.8. The molecule has 0 aliphatic heterocycles. The largest absolute Gasteiger partial charge is 0.497 e. The molecule has 4 rings (SSSR count). The molecule has 0 spiro atoms.